The van der Waals surface area contributed by atoms with Crippen molar-refractivity contribution in [3.05, 3.63) is 84.3 Å². The molecule has 0 bridgehead atoms. The Balaban J connectivity index is 1.42. The lowest BCUT2D eigenvalue weighted by Crippen LogP contribution is -2.33. The van der Waals surface area contributed by atoms with Crippen LogP contribution in [-0.2, 0) is 6.42 Å². The number of hydrogen-bond donors (Lipinski definition) is 1. The number of amides is 1. The van der Waals surface area contributed by atoms with Gasteiger partial charge in [0, 0.05) is 22.7 Å². The average molecular weight is 373 g/mol. The Morgan fingerprint density at radius 3 is 2.29 bits per heavy atom. The van der Waals surface area contributed by atoms with Gasteiger partial charge in [0.2, 0.25) is 11.8 Å². The zero-order valence-corrected chi connectivity index (χ0v) is 15.3. The van der Waals surface area contributed by atoms with E-state index in [2.05, 4.69) is 15.5 Å². The zero-order valence-electron chi connectivity index (χ0n) is 15.3. The van der Waals surface area contributed by atoms with Gasteiger partial charge < -0.3 is 14.2 Å². The van der Waals surface area contributed by atoms with Gasteiger partial charge in [-0.25, -0.2) is 0 Å². The smallest absolute Gasteiger partial charge is 0.251 e. The van der Waals surface area contributed by atoms with Crippen molar-refractivity contribution in [2.45, 2.75) is 19.4 Å². The second-order valence-electron chi connectivity index (χ2n) is 6.57. The van der Waals surface area contributed by atoms with Crippen LogP contribution in [0.4, 0.5) is 0 Å². The number of nitrogens with one attached hydrogen (secondary N) is 1. The lowest BCUT2D eigenvalue weighted by molar-refractivity contribution is 0.0940. The Kier molecular flexibility index (Phi) is 5.01. The minimum absolute atomic E-state index is 0.00542. The quantitative estimate of drug-likeness (QED) is 0.543. The number of furan rings is 1. The first-order valence-corrected chi connectivity index (χ1v) is 9.00. The molecule has 0 aliphatic carbocycles. The molecule has 1 N–H and O–H groups in total. The molecule has 2 aromatic carbocycles. The molecule has 0 saturated carbocycles. The van der Waals surface area contributed by atoms with Gasteiger partial charge in [-0.15, -0.1) is 10.2 Å². The van der Waals surface area contributed by atoms with E-state index in [1.165, 1.54) is 0 Å². The maximum atomic E-state index is 12.4. The molecule has 6 heteroatoms. The number of benzene rings is 2. The highest BCUT2D eigenvalue weighted by atomic mass is 16.4. The minimum Gasteiger partial charge on any atom is -0.472 e. The molecule has 0 fully saturated rings. The van der Waals surface area contributed by atoms with Crippen LogP contribution in [0, 0.1) is 0 Å². The van der Waals surface area contributed by atoms with E-state index in [1.807, 2.05) is 43.3 Å². The Morgan fingerprint density at radius 1 is 0.964 bits per heavy atom. The van der Waals surface area contributed by atoms with Crippen molar-refractivity contribution in [1.82, 2.24) is 15.5 Å². The van der Waals surface area contributed by atoms with Crippen molar-refractivity contribution in [2.75, 3.05) is 0 Å². The third kappa shape index (κ3) is 4.01. The van der Waals surface area contributed by atoms with Crippen LogP contribution < -0.4 is 5.32 Å². The maximum Gasteiger partial charge on any atom is 0.251 e. The minimum atomic E-state index is -0.127. The van der Waals surface area contributed by atoms with E-state index in [9.17, 15) is 4.79 Å². The predicted octanol–water partition coefficient (Wildman–Crippen LogP) is 4.36. The number of hydrogen-bond acceptors (Lipinski definition) is 5. The summed E-state index contributed by atoms with van der Waals surface area (Å²) in [4.78, 5) is 12.4. The van der Waals surface area contributed by atoms with Crippen molar-refractivity contribution in [2.24, 2.45) is 0 Å². The largest absolute Gasteiger partial charge is 0.472 e. The van der Waals surface area contributed by atoms with Gasteiger partial charge in [0.15, 0.2) is 0 Å². The van der Waals surface area contributed by atoms with E-state index in [4.69, 9.17) is 8.83 Å². The standard InChI is InChI=1S/C22H19N3O3/c1-15(13-16-11-12-27-14-16)23-20(26)17-7-9-19(10-8-17)22-25-24-21(28-22)18-5-3-2-4-6-18/h2-12,14-15H,13H2,1H3,(H,23,26). The predicted molar refractivity (Wildman–Crippen MR) is 105 cm³/mol. The molecule has 4 rings (SSSR count). The van der Waals surface area contributed by atoms with Crippen LogP contribution in [-0.4, -0.2) is 22.1 Å². The first-order chi connectivity index (χ1) is 13.7. The molecule has 0 aliphatic rings. The molecule has 1 atom stereocenters. The van der Waals surface area contributed by atoms with Crippen LogP contribution in [0.3, 0.4) is 0 Å². The molecule has 6 nitrogen and oxygen atoms in total. The van der Waals surface area contributed by atoms with E-state index in [0.717, 1.165) is 16.7 Å². The van der Waals surface area contributed by atoms with Crippen molar-refractivity contribution < 1.29 is 13.6 Å². The molecule has 0 saturated heterocycles. The Bertz CT molecular complexity index is 1040. The number of carbonyl (C=O) groups excluding carboxylic acids is 1. The summed E-state index contributed by atoms with van der Waals surface area (Å²) in [5.41, 5.74) is 3.25. The molecule has 1 amide bonds. The summed E-state index contributed by atoms with van der Waals surface area (Å²) in [5, 5.41) is 11.2. The fourth-order valence-electron chi connectivity index (χ4n) is 2.92. The lowest BCUT2D eigenvalue weighted by Gasteiger charge is -2.13. The fourth-order valence-corrected chi connectivity index (χ4v) is 2.92. The van der Waals surface area contributed by atoms with Crippen LogP contribution in [0.5, 0.6) is 0 Å². The summed E-state index contributed by atoms with van der Waals surface area (Å²) in [7, 11) is 0. The molecular weight excluding hydrogens is 354 g/mol. The van der Waals surface area contributed by atoms with Crippen molar-refractivity contribution >= 4 is 5.91 Å². The highest BCUT2D eigenvalue weighted by Gasteiger charge is 2.13. The first kappa shape index (κ1) is 17.7. The first-order valence-electron chi connectivity index (χ1n) is 9.00. The summed E-state index contributed by atoms with van der Waals surface area (Å²) >= 11 is 0. The Morgan fingerprint density at radius 2 is 1.64 bits per heavy atom. The SMILES string of the molecule is CC(Cc1ccoc1)NC(=O)c1ccc(-c2nnc(-c3ccccc3)o2)cc1. The van der Waals surface area contributed by atoms with Crippen molar-refractivity contribution in [3.8, 4) is 22.9 Å². The number of rotatable bonds is 6. The van der Waals surface area contributed by atoms with Crippen molar-refractivity contribution in [3.63, 3.8) is 0 Å². The second kappa shape index (κ2) is 7.92. The van der Waals surface area contributed by atoms with E-state index in [0.29, 0.717) is 23.8 Å². The van der Waals surface area contributed by atoms with Crippen LogP contribution in [0.1, 0.15) is 22.8 Å². The number of aromatic nitrogens is 2. The average Bonchev–Trinajstić information content (AvgIpc) is 3.41. The van der Waals surface area contributed by atoms with Gasteiger partial charge in [-0.1, -0.05) is 18.2 Å². The molecule has 28 heavy (non-hydrogen) atoms. The summed E-state index contributed by atoms with van der Waals surface area (Å²) in [6, 6.07) is 18.6. The molecule has 2 aromatic heterocycles. The third-order valence-electron chi connectivity index (χ3n) is 4.34. The summed E-state index contributed by atoms with van der Waals surface area (Å²) in [5.74, 6) is 0.752. The van der Waals surface area contributed by atoms with Gasteiger partial charge in [-0.3, -0.25) is 4.79 Å². The molecule has 0 spiro atoms. The third-order valence-corrected chi connectivity index (χ3v) is 4.34. The molecular formula is C22H19N3O3. The molecule has 0 radical (unpaired) electrons. The second-order valence-corrected chi connectivity index (χ2v) is 6.57. The van der Waals surface area contributed by atoms with Gasteiger partial charge in [-0.05, 0) is 61.4 Å². The van der Waals surface area contributed by atoms with Gasteiger partial charge in [-0.2, -0.15) is 0 Å². The van der Waals surface area contributed by atoms with Gasteiger partial charge in [0.05, 0.1) is 12.5 Å². The Hall–Kier alpha value is -3.67. The van der Waals surface area contributed by atoms with Crippen LogP contribution in [0.15, 0.2) is 82.0 Å². The van der Waals surface area contributed by atoms with Gasteiger partial charge in [0.1, 0.15) is 0 Å². The van der Waals surface area contributed by atoms with Crippen molar-refractivity contribution in [1.29, 1.82) is 0 Å². The highest BCUT2D eigenvalue weighted by Crippen LogP contribution is 2.23. The highest BCUT2D eigenvalue weighted by molar-refractivity contribution is 5.94. The fraction of sp³-hybridized carbons (Fsp3) is 0.136. The molecule has 4 aromatic rings. The van der Waals surface area contributed by atoms with Crippen LogP contribution in [0.2, 0.25) is 0 Å². The maximum absolute atomic E-state index is 12.4. The van der Waals surface area contributed by atoms with Gasteiger partial charge in [0.25, 0.3) is 5.91 Å². The number of carbonyl (C=O) groups is 1. The van der Waals surface area contributed by atoms with E-state index in [1.54, 1.807) is 36.8 Å². The number of nitrogens with zero attached hydrogens (tertiary/aromatic N) is 2. The molecule has 140 valence electrons. The molecule has 2 heterocycles. The van der Waals surface area contributed by atoms with E-state index < -0.39 is 0 Å². The monoisotopic (exact) mass is 373 g/mol. The molecule has 0 aliphatic heterocycles. The normalized spacial score (nSPS) is 11.9. The topological polar surface area (TPSA) is 81.2 Å². The van der Waals surface area contributed by atoms with E-state index in [-0.39, 0.29) is 11.9 Å². The Labute approximate surface area is 162 Å². The summed E-state index contributed by atoms with van der Waals surface area (Å²) in [6.07, 6.45) is 4.03. The molecule has 1 unspecified atom stereocenters. The van der Waals surface area contributed by atoms with Crippen LogP contribution in [0.25, 0.3) is 22.9 Å². The summed E-state index contributed by atoms with van der Waals surface area (Å²) < 4.78 is 10.8. The zero-order chi connectivity index (χ0) is 19.3. The lowest BCUT2D eigenvalue weighted by atomic mass is 10.1. The van der Waals surface area contributed by atoms with Gasteiger partial charge >= 0.3 is 0 Å². The van der Waals surface area contributed by atoms with Crippen LogP contribution >= 0.6 is 0 Å². The van der Waals surface area contributed by atoms with E-state index >= 15 is 0 Å². The summed E-state index contributed by atoms with van der Waals surface area (Å²) in [6.45, 7) is 1.96.